The molecule has 0 aliphatic carbocycles. The lowest BCUT2D eigenvalue weighted by molar-refractivity contribution is -0.192. The average Bonchev–Trinajstić information content (AvgIpc) is 3.03. The lowest BCUT2D eigenvalue weighted by Crippen LogP contribution is -2.34. The summed E-state index contributed by atoms with van der Waals surface area (Å²) in [5.74, 6) is -4.04. The monoisotopic (exact) mass is 720 g/mol. The van der Waals surface area contributed by atoms with E-state index in [1.165, 1.54) is 35.5 Å². The summed E-state index contributed by atoms with van der Waals surface area (Å²) in [7, 11) is -2.11. The predicted octanol–water partition coefficient (Wildman–Crippen LogP) is 4.63. The van der Waals surface area contributed by atoms with Crippen molar-refractivity contribution in [3.8, 4) is 0 Å². The van der Waals surface area contributed by atoms with Gasteiger partial charge in [0, 0.05) is 31.9 Å². The molecule has 18 heteroatoms. The van der Waals surface area contributed by atoms with Crippen LogP contribution in [-0.2, 0) is 32.5 Å². The summed E-state index contributed by atoms with van der Waals surface area (Å²) in [4.78, 5) is 56.0. The summed E-state index contributed by atoms with van der Waals surface area (Å²) in [5.41, 5.74) is 2.33. The van der Waals surface area contributed by atoms with Gasteiger partial charge < -0.3 is 30.9 Å². The van der Waals surface area contributed by atoms with Crippen LogP contribution in [0.1, 0.15) is 42.1 Å². The first-order valence-electron chi connectivity index (χ1n) is 14.8. The largest absolute Gasteiger partial charge is 0.490 e. The third kappa shape index (κ3) is 8.36. The zero-order valence-electron chi connectivity index (χ0n) is 27.0. The number of urea groups is 1. The maximum atomic E-state index is 15.2. The first kappa shape index (κ1) is 37.3. The lowest BCUT2D eigenvalue weighted by Gasteiger charge is -2.23. The van der Waals surface area contributed by atoms with Gasteiger partial charge in [0.05, 0.1) is 33.1 Å². The zero-order valence-corrected chi connectivity index (χ0v) is 27.8. The quantitative estimate of drug-likeness (QED) is 0.187. The number of aryl methyl sites for hydroxylation is 1. The molecular formula is C32H32F4N6O7S. The molecule has 4 aromatic rings. The minimum Gasteiger partial charge on any atom is -0.475 e. The Morgan fingerprint density at radius 3 is 2.36 bits per heavy atom. The fourth-order valence-corrected chi connectivity index (χ4v) is 6.15. The van der Waals surface area contributed by atoms with Crippen LogP contribution >= 0.6 is 0 Å². The number of aromatic amines is 1. The Morgan fingerprint density at radius 1 is 1.06 bits per heavy atom. The molecule has 0 fully saturated rings. The molecule has 3 aromatic carbocycles. The molecule has 6 rings (SSSR count). The zero-order chi connectivity index (χ0) is 37.1. The number of H-pyrrole nitrogens is 1. The SMILES string of the molecule is Cc1cc2ccc1CN(C)C(=O)Nc1ccc(S(=O)(=O)C(C)C)c(c1)CNC(=O)C2Nc1cc2c(=O)[nH]cnc2cc1F.O=C(O)C(F)(F)F. The normalized spacial score (nSPS) is 15.4. The number of anilines is 2. The topological polar surface area (TPSA) is 191 Å². The highest BCUT2D eigenvalue weighted by molar-refractivity contribution is 7.92. The number of alkyl halides is 3. The number of benzene rings is 3. The summed E-state index contributed by atoms with van der Waals surface area (Å²) in [6, 6.07) is 10.6. The van der Waals surface area contributed by atoms with E-state index in [0.29, 0.717) is 11.3 Å². The van der Waals surface area contributed by atoms with Gasteiger partial charge in [-0.2, -0.15) is 13.2 Å². The number of aliphatic carboxylic acids is 1. The fourth-order valence-electron chi connectivity index (χ4n) is 4.89. The van der Waals surface area contributed by atoms with Gasteiger partial charge in [0.1, 0.15) is 11.9 Å². The van der Waals surface area contributed by atoms with E-state index in [4.69, 9.17) is 9.90 Å². The van der Waals surface area contributed by atoms with Crippen LogP contribution in [0, 0.1) is 12.7 Å². The number of amides is 3. The van der Waals surface area contributed by atoms with Crippen LogP contribution in [0.25, 0.3) is 10.9 Å². The van der Waals surface area contributed by atoms with Crippen LogP contribution in [0.5, 0.6) is 0 Å². The lowest BCUT2D eigenvalue weighted by atomic mass is 9.99. The molecule has 3 heterocycles. The van der Waals surface area contributed by atoms with E-state index >= 15 is 4.39 Å². The molecule has 3 amide bonds. The number of aromatic nitrogens is 2. The number of carbonyl (C=O) groups excluding carboxylic acids is 2. The van der Waals surface area contributed by atoms with E-state index in [0.717, 1.165) is 17.2 Å². The molecule has 0 spiro atoms. The van der Waals surface area contributed by atoms with E-state index in [1.54, 1.807) is 39.1 Å². The molecule has 2 aliphatic heterocycles. The number of carbonyl (C=O) groups is 3. The second-order valence-electron chi connectivity index (χ2n) is 11.6. The summed E-state index contributed by atoms with van der Waals surface area (Å²) in [6.45, 7) is 5.01. The molecule has 1 unspecified atom stereocenters. The van der Waals surface area contributed by atoms with Crippen molar-refractivity contribution < 1.29 is 45.5 Å². The van der Waals surface area contributed by atoms with Gasteiger partial charge in [-0.15, -0.1) is 0 Å². The van der Waals surface area contributed by atoms with Gasteiger partial charge in [0.2, 0.25) is 5.91 Å². The Bertz CT molecular complexity index is 2140. The van der Waals surface area contributed by atoms with Gasteiger partial charge >= 0.3 is 18.2 Å². The second kappa shape index (κ2) is 14.5. The number of nitrogens with one attached hydrogen (secondary N) is 4. The molecule has 0 radical (unpaired) electrons. The molecule has 50 heavy (non-hydrogen) atoms. The van der Waals surface area contributed by atoms with Gasteiger partial charge in [0.25, 0.3) is 5.56 Å². The Balaban J connectivity index is 0.000000727. The number of sulfone groups is 1. The van der Waals surface area contributed by atoms with Crippen LogP contribution < -0.4 is 21.5 Å². The second-order valence-corrected chi connectivity index (χ2v) is 14.0. The third-order valence-corrected chi connectivity index (χ3v) is 9.93. The van der Waals surface area contributed by atoms with Crippen molar-refractivity contribution >= 4 is 50.0 Å². The van der Waals surface area contributed by atoms with E-state index in [1.807, 2.05) is 6.92 Å². The summed E-state index contributed by atoms with van der Waals surface area (Å²) in [6.07, 6.45) is -3.90. The van der Waals surface area contributed by atoms with Crippen molar-refractivity contribution in [3.63, 3.8) is 0 Å². The van der Waals surface area contributed by atoms with Gasteiger partial charge in [-0.05, 0) is 67.3 Å². The maximum Gasteiger partial charge on any atom is 0.490 e. The van der Waals surface area contributed by atoms with Gasteiger partial charge in [-0.25, -0.2) is 27.4 Å². The number of hydrogen-bond acceptors (Lipinski definition) is 8. The van der Waals surface area contributed by atoms with Crippen LogP contribution in [0.15, 0.2) is 64.5 Å². The number of carboxylic acids is 1. The van der Waals surface area contributed by atoms with Crippen LogP contribution in [0.2, 0.25) is 0 Å². The van der Waals surface area contributed by atoms with Crippen molar-refractivity contribution in [1.29, 1.82) is 0 Å². The predicted molar refractivity (Wildman–Crippen MR) is 175 cm³/mol. The highest BCUT2D eigenvalue weighted by atomic mass is 32.2. The van der Waals surface area contributed by atoms with E-state index in [2.05, 4.69) is 25.9 Å². The number of rotatable bonds is 4. The fraction of sp³-hybridized carbons (Fsp3) is 0.281. The van der Waals surface area contributed by atoms with Crippen molar-refractivity contribution in [1.82, 2.24) is 20.2 Å². The van der Waals surface area contributed by atoms with Crippen molar-refractivity contribution in [2.45, 2.75) is 56.2 Å². The summed E-state index contributed by atoms with van der Waals surface area (Å²) < 4.78 is 73.3. The minimum absolute atomic E-state index is 0.0232. The van der Waals surface area contributed by atoms with E-state index < -0.39 is 56.6 Å². The average molecular weight is 721 g/mol. The molecule has 1 aromatic heterocycles. The molecule has 13 nitrogen and oxygen atoms in total. The van der Waals surface area contributed by atoms with Crippen LogP contribution in [0.4, 0.5) is 33.7 Å². The Labute approximate surface area is 282 Å². The standard InChI is InChI=1S/C30H31FN6O5S.C2HF3O2/c1-16(2)43(41,42)26-8-7-21-10-20(26)13-32-29(39)27(18-5-6-19(17(3)9-18)14-37(4)30(40)35-21)36-25-11-22-24(12-23(25)31)33-15-34-28(22)38;3-2(4,5)1(6)7/h5-12,15-16,27,36H,13-14H2,1-4H3,(H,32,39)(H,35,40)(H,33,34,38);(H,6,7). The van der Waals surface area contributed by atoms with Crippen molar-refractivity contribution in [2.24, 2.45) is 0 Å². The molecule has 0 saturated carbocycles. The Kier molecular flexibility index (Phi) is 10.8. The first-order chi connectivity index (χ1) is 23.3. The van der Waals surface area contributed by atoms with Crippen LogP contribution in [0.3, 0.4) is 0 Å². The van der Waals surface area contributed by atoms with E-state index in [9.17, 15) is 36.0 Å². The number of carboxylic acid groups (broad SMARTS) is 1. The minimum atomic E-state index is -5.08. The third-order valence-electron chi connectivity index (χ3n) is 7.68. The van der Waals surface area contributed by atoms with Crippen molar-refractivity contribution in [2.75, 3.05) is 17.7 Å². The van der Waals surface area contributed by atoms with Gasteiger partial charge in [-0.1, -0.05) is 18.2 Å². The molecule has 4 bridgehead atoms. The van der Waals surface area contributed by atoms with Crippen LogP contribution in [-0.4, -0.2) is 64.8 Å². The van der Waals surface area contributed by atoms with Gasteiger partial charge in [0.15, 0.2) is 9.84 Å². The number of fused-ring (bicyclic) bond motifs is 9. The smallest absolute Gasteiger partial charge is 0.475 e. The Morgan fingerprint density at radius 2 is 1.74 bits per heavy atom. The summed E-state index contributed by atoms with van der Waals surface area (Å²) >= 11 is 0. The Hall–Kier alpha value is -5.52. The molecular weight excluding hydrogens is 688 g/mol. The highest BCUT2D eigenvalue weighted by Crippen LogP contribution is 2.29. The highest BCUT2D eigenvalue weighted by Gasteiger charge is 2.38. The number of halogens is 4. The molecule has 2 aliphatic rings. The molecule has 1 atom stereocenters. The van der Waals surface area contributed by atoms with Gasteiger partial charge in [-0.3, -0.25) is 9.59 Å². The number of hydrogen-bond donors (Lipinski definition) is 5. The molecule has 5 N–H and O–H groups in total. The summed E-state index contributed by atoms with van der Waals surface area (Å²) in [5, 5.41) is 15.0. The van der Waals surface area contributed by atoms with Crippen molar-refractivity contribution in [3.05, 3.63) is 93.3 Å². The molecule has 266 valence electrons. The number of nitrogens with zero attached hydrogens (tertiary/aromatic N) is 2. The maximum absolute atomic E-state index is 15.2. The van der Waals surface area contributed by atoms with E-state index in [-0.39, 0.29) is 40.1 Å². The molecule has 0 saturated heterocycles. The first-order valence-corrected chi connectivity index (χ1v) is 16.3.